The average Bonchev–Trinajstić information content (AvgIpc) is 2.88. The van der Waals surface area contributed by atoms with Gasteiger partial charge in [0.05, 0.1) is 11.9 Å². The summed E-state index contributed by atoms with van der Waals surface area (Å²) in [7, 11) is 0. The van der Waals surface area contributed by atoms with Gasteiger partial charge in [0, 0.05) is 31.6 Å². The average molecular weight is 244 g/mol. The molecule has 1 N–H and O–H groups in total. The molecule has 2 rings (SSSR count). The first-order valence-electron chi connectivity index (χ1n) is 6.53. The SMILES string of the molecule is CCCNCc1ccncc1-n1ccnc1CC. The van der Waals surface area contributed by atoms with Crippen LogP contribution in [0.2, 0.25) is 0 Å². The Labute approximate surface area is 108 Å². The second-order valence-electron chi connectivity index (χ2n) is 4.25. The van der Waals surface area contributed by atoms with E-state index in [0.717, 1.165) is 37.4 Å². The van der Waals surface area contributed by atoms with Crippen LogP contribution >= 0.6 is 0 Å². The van der Waals surface area contributed by atoms with Crippen LogP contribution in [-0.2, 0) is 13.0 Å². The molecule has 0 aliphatic heterocycles. The standard InChI is InChI=1S/C14H20N4/c1-3-6-15-10-12-5-7-16-11-13(12)18-9-8-17-14(18)4-2/h5,7-9,11,15H,3-4,6,10H2,1-2H3. The van der Waals surface area contributed by atoms with Gasteiger partial charge in [-0.3, -0.25) is 4.98 Å². The van der Waals surface area contributed by atoms with Crippen LogP contribution in [0.3, 0.4) is 0 Å². The summed E-state index contributed by atoms with van der Waals surface area (Å²) in [5.41, 5.74) is 2.38. The van der Waals surface area contributed by atoms with E-state index in [9.17, 15) is 0 Å². The lowest BCUT2D eigenvalue weighted by molar-refractivity contribution is 0.671. The molecule has 0 aromatic carbocycles. The van der Waals surface area contributed by atoms with Gasteiger partial charge in [-0.05, 0) is 24.6 Å². The third-order valence-corrected chi connectivity index (χ3v) is 2.92. The first-order valence-corrected chi connectivity index (χ1v) is 6.53. The summed E-state index contributed by atoms with van der Waals surface area (Å²) in [6.07, 6.45) is 9.66. The van der Waals surface area contributed by atoms with Crippen molar-refractivity contribution in [1.82, 2.24) is 19.9 Å². The lowest BCUT2D eigenvalue weighted by atomic mass is 10.2. The normalized spacial score (nSPS) is 10.8. The van der Waals surface area contributed by atoms with Gasteiger partial charge in [-0.2, -0.15) is 0 Å². The smallest absolute Gasteiger partial charge is 0.112 e. The molecule has 0 aliphatic rings. The van der Waals surface area contributed by atoms with E-state index < -0.39 is 0 Å². The van der Waals surface area contributed by atoms with Gasteiger partial charge in [0.2, 0.25) is 0 Å². The highest BCUT2D eigenvalue weighted by atomic mass is 15.1. The van der Waals surface area contributed by atoms with E-state index in [1.807, 2.05) is 24.8 Å². The van der Waals surface area contributed by atoms with Crippen LogP contribution in [0, 0.1) is 0 Å². The molecule has 0 atom stereocenters. The quantitative estimate of drug-likeness (QED) is 0.793. The maximum atomic E-state index is 4.36. The fourth-order valence-corrected chi connectivity index (χ4v) is 2.00. The van der Waals surface area contributed by atoms with Gasteiger partial charge in [-0.15, -0.1) is 0 Å². The van der Waals surface area contributed by atoms with Crippen molar-refractivity contribution in [3.05, 3.63) is 42.2 Å². The first-order chi connectivity index (χ1) is 8.86. The van der Waals surface area contributed by atoms with E-state index in [1.165, 1.54) is 5.56 Å². The molecule has 0 bridgehead atoms. The lowest BCUT2D eigenvalue weighted by Crippen LogP contribution is -2.16. The molecule has 0 saturated heterocycles. The Kier molecular flexibility index (Phi) is 4.47. The van der Waals surface area contributed by atoms with Crippen molar-refractivity contribution in [3.63, 3.8) is 0 Å². The van der Waals surface area contributed by atoms with Gasteiger partial charge in [0.1, 0.15) is 5.82 Å². The van der Waals surface area contributed by atoms with Gasteiger partial charge in [-0.1, -0.05) is 13.8 Å². The molecule has 96 valence electrons. The number of imidazole rings is 1. The predicted molar refractivity (Wildman–Crippen MR) is 72.7 cm³/mol. The van der Waals surface area contributed by atoms with Gasteiger partial charge >= 0.3 is 0 Å². The Balaban J connectivity index is 2.27. The highest BCUT2D eigenvalue weighted by molar-refractivity contribution is 5.39. The Morgan fingerprint density at radius 2 is 2.17 bits per heavy atom. The number of aromatic nitrogens is 3. The summed E-state index contributed by atoms with van der Waals surface area (Å²) >= 11 is 0. The molecule has 0 saturated carbocycles. The minimum atomic E-state index is 0.868. The van der Waals surface area contributed by atoms with Crippen LogP contribution in [0.1, 0.15) is 31.7 Å². The zero-order chi connectivity index (χ0) is 12.8. The van der Waals surface area contributed by atoms with Crippen molar-refractivity contribution >= 4 is 0 Å². The Bertz CT molecular complexity index is 490. The number of hydrogen-bond acceptors (Lipinski definition) is 3. The third kappa shape index (κ3) is 2.76. The molecule has 0 spiro atoms. The highest BCUT2D eigenvalue weighted by Crippen LogP contribution is 2.15. The first kappa shape index (κ1) is 12.8. The number of rotatable bonds is 6. The Morgan fingerprint density at radius 1 is 1.28 bits per heavy atom. The van der Waals surface area contributed by atoms with Crippen LogP contribution in [0.25, 0.3) is 5.69 Å². The monoisotopic (exact) mass is 244 g/mol. The van der Waals surface area contributed by atoms with E-state index in [1.54, 1.807) is 0 Å². The second kappa shape index (κ2) is 6.31. The fourth-order valence-electron chi connectivity index (χ4n) is 2.00. The van der Waals surface area contributed by atoms with Gasteiger partial charge < -0.3 is 9.88 Å². The van der Waals surface area contributed by atoms with Gasteiger partial charge in [0.15, 0.2) is 0 Å². The zero-order valence-corrected chi connectivity index (χ0v) is 11.1. The molecule has 2 aromatic rings. The van der Waals surface area contributed by atoms with Crippen molar-refractivity contribution < 1.29 is 0 Å². The Morgan fingerprint density at radius 3 is 2.94 bits per heavy atom. The second-order valence-corrected chi connectivity index (χ2v) is 4.25. The fraction of sp³-hybridized carbons (Fsp3) is 0.429. The summed E-state index contributed by atoms with van der Waals surface area (Å²) in [6, 6.07) is 2.07. The van der Waals surface area contributed by atoms with Crippen LogP contribution in [-0.4, -0.2) is 21.1 Å². The van der Waals surface area contributed by atoms with Crippen molar-refractivity contribution in [1.29, 1.82) is 0 Å². The summed E-state index contributed by atoms with van der Waals surface area (Å²) in [6.45, 7) is 6.19. The van der Waals surface area contributed by atoms with E-state index in [4.69, 9.17) is 0 Å². The number of aryl methyl sites for hydroxylation is 1. The van der Waals surface area contributed by atoms with E-state index in [-0.39, 0.29) is 0 Å². The largest absolute Gasteiger partial charge is 0.313 e. The maximum absolute atomic E-state index is 4.36. The summed E-state index contributed by atoms with van der Waals surface area (Å²) in [4.78, 5) is 8.59. The third-order valence-electron chi connectivity index (χ3n) is 2.92. The minimum absolute atomic E-state index is 0.868. The molecule has 2 heterocycles. The van der Waals surface area contributed by atoms with Crippen LogP contribution in [0.4, 0.5) is 0 Å². The van der Waals surface area contributed by atoms with Crippen molar-refractivity contribution in [2.75, 3.05) is 6.54 Å². The minimum Gasteiger partial charge on any atom is -0.313 e. The molecule has 2 aromatic heterocycles. The van der Waals surface area contributed by atoms with Crippen molar-refractivity contribution in [2.24, 2.45) is 0 Å². The van der Waals surface area contributed by atoms with E-state index in [0.29, 0.717) is 0 Å². The number of hydrogen-bond donors (Lipinski definition) is 1. The summed E-state index contributed by atoms with van der Waals surface area (Å²) in [5, 5.41) is 3.43. The number of pyridine rings is 1. The van der Waals surface area contributed by atoms with Crippen LogP contribution in [0.5, 0.6) is 0 Å². The predicted octanol–water partition coefficient (Wildman–Crippen LogP) is 2.33. The number of nitrogens with one attached hydrogen (secondary N) is 1. The van der Waals surface area contributed by atoms with E-state index >= 15 is 0 Å². The number of nitrogens with zero attached hydrogens (tertiary/aromatic N) is 3. The zero-order valence-electron chi connectivity index (χ0n) is 11.1. The van der Waals surface area contributed by atoms with Gasteiger partial charge in [-0.25, -0.2) is 4.98 Å². The molecular formula is C14H20N4. The summed E-state index contributed by atoms with van der Waals surface area (Å²) in [5.74, 6) is 1.07. The maximum Gasteiger partial charge on any atom is 0.112 e. The molecule has 4 heteroatoms. The van der Waals surface area contributed by atoms with Crippen LogP contribution in [0.15, 0.2) is 30.9 Å². The molecule has 0 unspecified atom stereocenters. The molecule has 0 amide bonds. The highest BCUT2D eigenvalue weighted by Gasteiger charge is 2.07. The topological polar surface area (TPSA) is 42.7 Å². The van der Waals surface area contributed by atoms with Gasteiger partial charge in [0.25, 0.3) is 0 Å². The molecule has 18 heavy (non-hydrogen) atoms. The molecule has 4 nitrogen and oxygen atoms in total. The molecule has 0 aliphatic carbocycles. The van der Waals surface area contributed by atoms with Crippen molar-refractivity contribution in [3.8, 4) is 5.69 Å². The molecule has 0 fully saturated rings. The molecular weight excluding hydrogens is 224 g/mol. The Hall–Kier alpha value is -1.68. The summed E-state index contributed by atoms with van der Waals surface area (Å²) < 4.78 is 2.12. The van der Waals surface area contributed by atoms with Crippen molar-refractivity contribution in [2.45, 2.75) is 33.2 Å². The lowest BCUT2D eigenvalue weighted by Gasteiger charge is -2.12. The molecule has 0 radical (unpaired) electrons. The van der Waals surface area contributed by atoms with E-state index in [2.05, 4.69) is 39.8 Å². The van der Waals surface area contributed by atoms with Crippen LogP contribution < -0.4 is 5.32 Å².